The number of nitrogens with zero attached hydrogens (tertiary/aromatic N) is 3. The fourth-order valence-electron chi connectivity index (χ4n) is 5.43. The predicted molar refractivity (Wildman–Crippen MR) is 154 cm³/mol. The van der Waals surface area contributed by atoms with Crippen LogP contribution in [0.5, 0.6) is 0 Å². The molecule has 0 aliphatic carbocycles. The Kier molecular flexibility index (Phi) is 9.60. The lowest BCUT2D eigenvalue weighted by Crippen LogP contribution is -2.49. The lowest BCUT2D eigenvalue weighted by molar-refractivity contribution is -0.133. The van der Waals surface area contributed by atoms with Gasteiger partial charge in [0, 0.05) is 43.1 Å². The number of hydrogen-bond donors (Lipinski definition) is 1. The number of thiophene rings is 1. The highest BCUT2D eigenvalue weighted by molar-refractivity contribution is 7.09. The second-order valence-electron chi connectivity index (χ2n) is 10.8. The number of amides is 2. The lowest BCUT2D eigenvalue weighted by atomic mass is 10.0. The molecule has 1 aliphatic rings. The van der Waals surface area contributed by atoms with Gasteiger partial charge in [-0.05, 0) is 67.7 Å². The summed E-state index contributed by atoms with van der Waals surface area (Å²) in [5.41, 5.74) is 2.39. The highest BCUT2D eigenvalue weighted by Gasteiger charge is 2.28. The van der Waals surface area contributed by atoms with Crippen molar-refractivity contribution in [3.8, 4) is 0 Å². The van der Waals surface area contributed by atoms with Gasteiger partial charge in [0.2, 0.25) is 5.91 Å². The van der Waals surface area contributed by atoms with Crippen molar-refractivity contribution in [2.75, 3.05) is 20.2 Å². The number of nitrogens with one attached hydrogen (secondary N) is 1. The molecule has 0 bridgehead atoms. The Labute approximate surface area is 230 Å². The topological polar surface area (TPSA) is 76.5 Å². The van der Waals surface area contributed by atoms with E-state index in [0.29, 0.717) is 24.6 Å². The standard InChI is InChI=1S/C30H42N4O3S/c1-6-22(7-2)34-27-13-12-21(17-25(27)31-28(34)18-24-11-9-15-38-24)29(35)32-26(16-20(3)4)30(36)33(5)19-23-10-8-14-37-23/h9,11-13,15,17,20,22-23,26H,6-8,10,14,16,18-19H2,1-5H3,(H,32,35)/t23?,26-/m0/s1. The van der Waals surface area contributed by atoms with Crippen molar-refractivity contribution >= 4 is 34.2 Å². The first kappa shape index (κ1) is 28.3. The second kappa shape index (κ2) is 12.9. The molecule has 206 valence electrons. The SMILES string of the molecule is CCC(CC)n1c(Cc2cccs2)nc2cc(C(=O)N[C@@H](CC(C)C)C(=O)N(C)CC3CCCO3)ccc21. The van der Waals surface area contributed by atoms with Gasteiger partial charge in [0.25, 0.3) is 5.91 Å². The molecule has 3 heterocycles. The summed E-state index contributed by atoms with van der Waals surface area (Å²) in [6.45, 7) is 9.85. The first-order valence-electron chi connectivity index (χ1n) is 14.0. The molecule has 2 amide bonds. The van der Waals surface area contributed by atoms with E-state index in [-0.39, 0.29) is 23.8 Å². The molecule has 0 saturated carbocycles. The summed E-state index contributed by atoms with van der Waals surface area (Å²) in [4.78, 5) is 34.7. The Bertz CT molecular complexity index is 1210. The van der Waals surface area contributed by atoms with Gasteiger partial charge in [0.1, 0.15) is 11.9 Å². The average Bonchev–Trinajstić information content (AvgIpc) is 3.66. The van der Waals surface area contributed by atoms with Crippen LogP contribution in [0.4, 0.5) is 0 Å². The summed E-state index contributed by atoms with van der Waals surface area (Å²) >= 11 is 1.74. The molecule has 4 rings (SSSR count). The van der Waals surface area contributed by atoms with E-state index in [0.717, 1.165) is 55.6 Å². The molecule has 1 N–H and O–H groups in total. The molecule has 1 aliphatic heterocycles. The molecule has 7 nitrogen and oxygen atoms in total. The summed E-state index contributed by atoms with van der Waals surface area (Å²) in [7, 11) is 1.80. The molecule has 1 unspecified atom stereocenters. The van der Waals surface area contributed by atoms with Crippen LogP contribution in [0.15, 0.2) is 35.7 Å². The van der Waals surface area contributed by atoms with Gasteiger partial charge in [-0.1, -0.05) is 33.8 Å². The summed E-state index contributed by atoms with van der Waals surface area (Å²) in [5, 5.41) is 5.13. The van der Waals surface area contributed by atoms with E-state index in [1.54, 1.807) is 23.3 Å². The van der Waals surface area contributed by atoms with Crippen LogP contribution in [0.25, 0.3) is 11.0 Å². The molecular formula is C30H42N4O3S. The van der Waals surface area contributed by atoms with Gasteiger partial charge >= 0.3 is 0 Å². The molecule has 0 spiro atoms. The quantitative estimate of drug-likeness (QED) is 0.315. The molecule has 3 aromatic rings. The van der Waals surface area contributed by atoms with Gasteiger partial charge in [-0.2, -0.15) is 0 Å². The van der Waals surface area contributed by atoms with Gasteiger partial charge in [-0.15, -0.1) is 11.3 Å². The van der Waals surface area contributed by atoms with E-state index >= 15 is 0 Å². The van der Waals surface area contributed by atoms with Crippen LogP contribution in [-0.4, -0.2) is 58.6 Å². The highest BCUT2D eigenvalue weighted by atomic mass is 32.1. The fraction of sp³-hybridized carbons (Fsp3) is 0.567. The molecule has 2 atom stereocenters. The minimum atomic E-state index is -0.582. The minimum absolute atomic E-state index is 0.0696. The van der Waals surface area contributed by atoms with Crippen LogP contribution < -0.4 is 5.32 Å². The number of imidazole rings is 1. The van der Waals surface area contributed by atoms with Crippen molar-refractivity contribution < 1.29 is 14.3 Å². The Balaban J connectivity index is 1.57. The monoisotopic (exact) mass is 538 g/mol. The zero-order valence-corrected chi connectivity index (χ0v) is 24.2. The van der Waals surface area contributed by atoms with Crippen molar-refractivity contribution in [2.45, 2.75) is 84.4 Å². The average molecular weight is 539 g/mol. The van der Waals surface area contributed by atoms with Crippen LogP contribution in [0.3, 0.4) is 0 Å². The molecule has 8 heteroatoms. The smallest absolute Gasteiger partial charge is 0.252 e. The summed E-state index contributed by atoms with van der Waals surface area (Å²) in [6, 6.07) is 9.72. The maximum Gasteiger partial charge on any atom is 0.252 e. The summed E-state index contributed by atoms with van der Waals surface area (Å²) in [6.07, 6.45) is 5.46. The molecule has 1 fully saturated rings. The first-order valence-corrected chi connectivity index (χ1v) is 14.9. The zero-order chi connectivity index (χ0) is 27.2. The summed E-state index contributed by atoms with van der Waals surface area (Å²) in [5.74, 6) is 0.976. The van der Waals surface area contributed by atoms with E-state index in [9.17, 15) is 9.59 Å². The number of likely N-dealkylation sites (N-methyl/N-ethyl adjacent to an activating group) is 1. The third kappa shape index (κ3) is 6.64. The fourth-order valence-corrected chi connectivity index (χ4v) is 6.13. The van der Waals surface area contributed by atoms with Crippen LogP contribution in [-0.2, 0) is 16.0 Å². The van der Waals surface area contributed by atoms with Crippen molar-refractivity contribution in [1.29, 1.82) is 0 Å². The number of aromatic nitrogens is 2. The van der Waals surface area contributed by atoms with Gasteiger partial charge in [0.05, 0.1) is 17.1 Å². The minimum Gasteiger partial charge on any atom is -0.376 e. The molecule has 38 heavy (non-hydrogen) atoms. The van der Waals surface area contributed by atoms with Crippen molar-refractivity contribution in [3.05, 3.63) is 52.0 Å². The maximum absolute atomic E-state index is 13.4. The van der Waals surface area contributed by atoms with Crippen LogP contribution in [0.2, 0.25) is 0 Å². The van der Waals surface area contributed by atoms with E-state index in [1.807, 2.05) is 18.2 Å². The zero-order valence-electron chi connectivity index (χ0n) is 23.4. The number of carbonyl (C=O) groups is 2. The third-order valence-electron chi connectivity index (χ3n) is 7.43. The maximum atomic E-state index is 13.4. The largest absolute Gasteiger partial charge is 0.376 e. The molecule has 0 radical (unpaired) electrons. The predicted octanol–water partition coefficient (Wildman–Crippen LogP) is 5.83. The molecule has 1 saturated heterocycles. The number of ether oxygens (including phenoxy) is 1. The Morgan fingerprint density at radius 2 is 2.03 bits per heavy atom. The van der Waals surface area contributed by atoms with Crippen molar-refractivity contribution in [1.82, 2.24) is 19.8 Å². The number of rotatable bonds is 12. The number of carbonyl (C=O) groups excluding carboxylic acids is 2. The van der Waals surface area contributed by atoms with Crippen molar-refractivity contribution in [3.63, 3.8) is 0 Å². The van der Waals surface area contributed by atoms with Gasteiger partial charge < -0.3 is 19.5 Å². The highest BCUT2D eigenvalue weighted by Crippen LogP contribution is 2.28. The Morgan fingerprint density at radius 1 is 1.24 bits per heavy atom. The third-order valence-corrected chi connectivity index (χ3v) is 8.31. The van der Waals surface area contributed by atoms with Crippen LogP contribution in [0.1, 0.15) is 86.9 Å². The van der Waals surface area contributed by atoms with E-state index in [2.05, 4.69) is 55.1 Å². The molecule has 2 aromatic heterocycles. The lowest BCUT2D eigenvalue weighted by Gasteiger charge is -2.27. The van der Waals surface area contributed by atoms with E-state index in [4.69, 9.17) is 9.72 Å². The Morgan fingerprint density at radius 3 is 2.66 bits per heavy atom. The van der Waals surface area contributed by atoms with Crippen LogP contribution >= 0.6 is 11.3 Å². The number of fused-ring (bicyclic) bond motifs is 1. The summed E-state index contributed by atoms with van der Waals surface area (Å²) < 4.78 is 8.06. The molecular weight excluding hydrogens is 496 g/mol. The van der Waals surface area contributed by atoms with E-state index < -0.39 is 6.04 Å². The van der Waals surface area contributed by atoms with Gasteiger partial charge in [-0.3, -0.25) is 9.59 Å². The van der Waals surface area contributed by atoms with Crippen molar-refractivity contribution in [2.24, 2.45) is 5.92 Å². The first-order chi connectivity index (χ1) is 18.3. The number of benzene rings is 1. The second-order valence-corrected chi connectivity index (χ2v) is 11.9. The molecule has 1 aromatic carbocycles. The number of hydrogen-bond acceptors (Lipinski definition) is 5. The Hall–Kier alpha value is -2.71. The van der Waals surface area contributed by atoms with Gasteiger partial charge in [-0.25, -0.2) is 4.98 Å². The van der Waals surface area contributed by atoms with E-state index in [1.165, 1.54) is 4.88 Å². The normalized spacial score (nSPS) is 16.4. The van der Waals surface area contributed by atoms with Gasteiger partial charge in [0.15, 0.2) is 0 Å². The van der Waals surface area contributed by atoms with Crippen LogP contribution in [0, 0.1) is 5.92 Å².